The zero-order valence-corrected chi connectivity index (χ0v) is 19.9. The molecule has 0 aliphatic heterocycles. The third-order valence-electron chi connectivity index (χ3n) is 3.99. The Bertz CT molecular complexity index is 830. The van der Waals surface area contributed by atoms with Crippen molar-refractivity contribution < 1.29 is 4.79 Å². The molecule has 2 rings (SSSR count). The van der Waals surface area contributed by atoms with Gasteiger partial charge < -0.3 is 16.0 Å². The lowest BCUT2D eigenvalue weighted by molar-refractivity contribution is 0.0955. The number of guanidine groups is 1. The molecule has 2 aromatic carbocycles. The zero-order chi connectivity index (χ0) is 19.8. The van der Waals surface area contributed by atoms with Gasteiger partial charge in [-0.1, -0.05) is 41.4 Å². The Kier molecular flexibility index (Phi) is 10.6. The van der Waals surface area contributed by atoms with E-state index in [0.717, 1.165) is 11.1 Å². The van der Waals surface area contributed by atoms with Gasteiger partial charge in [0.2, 0.25) is 0 Å². The molecule has 3 N–H and O–H groups in total. The number of halogens is 3. The van der Waals surface area contributed by atoms with E-state index in [-0.39, 0.29) is 35.9 Å². The van der Waals surface area contributed by atoms with Crippen LogP contribution in [0.3, 0.4) is 0 Å². The van der Waals surface area contributed by atoms with Crippen LogP contribution in [-0.4, -0.2) is 25.5 Å². The van der Waals surface area contributed by atoms with Crippen LogP contribution in [0, 0.1) is 0 Å². The summed E-state index contributed by atoms with van der Waals surface area (Å²) in [7, 11) is 1.70. The second kappa shape index (κ2) is 12.1. The Morgan fingerprint density at radius 1 is 1.14 bits per heavy atom. The third-order valence-corrected chi connectivity index (χ3v) is 4.55. The summed E-state index contributed by atoms with van der Waals surface area (Å²) >= 11 is 12.2. The highest BCUT2D eigenvalue weighted by atomic mass is 127. The number of nitrogens with one attached hydrogen (secondary N) is 3. The SMILES string of the molecule is CCNC(=O)c1cccc(CNC(=NC)NC(C)c2ccc(Cl)cc2Cl)c1.I. The van der Waals surface area contributed by atoms with Crippen LogP contribution in [0.2, 0.25) is 10.0 Å². The van der Waals surface area contributed by atoms with Crippen molar-refractivity contribution in [3.63, 3.8) is 0 Å². The van der Waals surface area contributed by atoms with Crippen LogP contribution in [0.25, 0.3) is 0 Å². The van der Waals surface area contributed by atoms with Gasteiger partial charge in [-0.05, 0) is 49.2 Å². The number of hydrogen-bond donors (Lipinski definition) is 3. The molecule has 0 aromatic heterocycles. The molecular weight excluding hydrogens is 510 g/mol. The van der Waals surface area contributed by atoms with Gasteiger partial charge in [0.05, 0.1) is 6.04 Å². The molecule has 0 aliphatic carbocycles. The molecule has 2 aromatic rings. The molecule has 0 bridgehead atoms. The molecule has 0 fully saturated rings. The van der Waals surface area contributed by atoms with E-state index < -0.39 is 0 Å². The van der Waals surface area contributed by atoms with E-state index in [1.165, 1.54) is 0 Å². The first-order valence-electron chi connectivity index (χ1n) is 8.73. The molecule has 1 atom stereocenters. The van der Waals surface area contributed by atoms with Crippen LogP contribution in [-0.2, 0) is 6.54 Å². The molecule has 1 amide bonds. The number of amides is 1. The number of carbonyl (C=O) groups is 1. The van der Waals surface area contributed by atoms with Crippen LogP contribution in [0.15, 0.2) is 47.5 Å². The van der Waals surface area contributed by atoms with Gasteiger partial charge in [0.1, 0.15) is 0 Å². The number of nitrogens with zero attached hydrogens (tertiary/aromatic N) is 1. The molecule has 0 saturated carbocycles. The van der Waals surface area contributed by atoms with Crippen LogP contribution < -0.4 is 16.0 Å². The fourth-order valence-corrected chi connectivity index (χ4v) is 3.17. The molecule has 0 spiro atoms. The average molecular weight is 535 g/mol. The minimum Gasteiger partial charge on any atom is -0.352 e. The first-order chi connectivity index (χ1) is 12.9. The second-order valence-electron chi connectivity index (χ2n) is 6.02. The summed E-state index contributed by atoms with van der Waals surface area (Å²) < 4.78 is 0. The molecule has 5 nitrogen and oxygen atoms in total. The topological polar surface area (TPSA) is 65.5 Å². The van der Waals surface area contributed by atoms with Crippen LogP contribution >= 0.6 is 47.2 Å². The lowest BCUT2D eigenvalue weighted by Gasteiger charge is -2.19. The third kappa shape index (κ3) is 7.14. The van der Waals surface area contributed by atoms with Crippen molar-refractivity contribution in [1.29, 1.82) is 0 Å². The minimum absolute atomic E-state index is 0. The smallest absolute Gasteiger partial charge is 0.251 e. The second-order valence-corrected chi connectivity index (χ2v) is 6.86. The summed E-state index contributed by atoms with van der Waals surface area (Å²) in [4.78, 5) is 16.2. The fourth-order valence-electron chi connectivity index (χ4n) is 2.60. The first-order valence-corrected chi connectivity index (χ1v) is 9.49. The Hall–Kier alpha value is -1.51. The summed E-state index contributed by atoms with van der Waals surface area (Å²) in [5.41, 5.74) is 2.56. The highest BCUT2D eigenvalue weighted by Gasteiger charge is 2.12. The number of hydrogen-bond acceptors (Lipinski definition) is 2. The maximum absolute atomic E-state index is 12.0. The number of carbonyl (C=O) groups excluding carboxylic acids is 1. The van der Waals surface area contributed by atoms with E-state index in [2.05, 4.69) is 20.9 Å². The maximum Gasteiger partial charge on any atom is 0.251 e. The fraction of sp³-hybridized carbons (Fsp3) is 0.300. The Labute approximate surface area is 193 Å². The van der Waals surface area contributed by atoms with Gasteiger partial charge in [0, 0.05) is 35.7 Å². The van der Waals surface area contributed by atoms with Crippen LogP contribution in [0.5, 0.6) is 0 Å². The highest BCUT2D eigenvalue weighted by molar-refractivity contribution is 14.0. The summed E-state index contributed by atoms with van der Waals surface area (Å²) in [5, 5.41) is 10.6. The van der Waals surface area contributed by atoms with Gasteiger partial charge in [-0.3, -0.25) is 9.79 Å². The van der Waals surface area contributed by atoms with Crippen LogP contribution in [0.4, 0.5) is 0 Å². The lowest BCUT2D eigenvalue weighted by atomic mass is 10.1. The molecule has 0 aliphatic rings. The zero-order valence-electron chi connectivity index (χ0n) is 16.1. The van der Waals surface area contributed by atoms with Crippen molar-refractivity contribution in [1.82, 2.24) is 16.0 Å². The van der Waals surface area contributed by atoms with E-state index in [1.54, 1.807) is 19.2 Å². The molecule has 8 heteroatoms. The van der Waals surface area contributed by atoms with E-state index in [0.29, 0.717) is 34.7 Å². The average Bonchev–Trinajstić information content (AvgIpc) is 2.65. The summed E-state index contributed by atoms with van der Waals surface area (Å²) in [6.07, 6.45) is 0. The summed E-state index contributed by atoms with van der Waals surface area (Å²) in [5.74, 6) is 0.560. The molecule has 0 heterocycles. The molecular formula is C20H25Cl2IN4O. The maximum atomic E-state index is 12.0. The Morgan fingerprint density at radius 3 is 2.54 bits per heavy atom. The van der Waals surface area contributed by atoms with Gasteiger partial charge in [0.15, 0.2) is 5.96 Å². The Morgan fingerprint density at radius 2 is 1.89 bits per heavy atom. The van der Waals surface area contributed by atoms with E-state index in [1.807, 2.05) is 44.2 Å². The van der Waals surface area contributed by atoms with E-state index in [9.17, 15) is 4.79 Å². The van der Waals surface area contributed by atoms with Gasteiger partial charge in [0.25, 0.3) is 5.91 Å². The van der Waals surface area contributed by atoms with Crippen molar-refractivity contribution >= 4 is 59.0 Å². The predicted molar refractivity (Wildman–Crippen MR) is 128 cm³/mol. The molecule has 28 heavy (non-hydrogen) atoms. The van der Waals surface area contributed by atoms with Crippen molar-refractivity contribution in [3.05, 3.63) is 69.2 Å². The lowest BCUT2D eigenvalue weighted by Crippen LogP contribution is -2.38. The van der Waals surface area contributed by atoms with E-state index in [4.69, 9.17) is 23.2 Å². The van der Waals surface area contributed by atoms with Gasteiger partial charge in [-0.2, -0.15) is 0 Å². The van der Waals surface area contributed by atoms with Crippen LogP contribution in [0.1, 0.15) is 41.4 Å². The quantitative estimate of drug-likeness (QED) is 0.284. The number of aliphatic imine (C=N–C) groups is 1. The highest BCUT2D eigenvalue weighted by Crippen LogP contribution is 2.25. The predicted octanol–water partition coefficient (Wildman–Crippen LogP) is 4.79. The van der Waals surface area contributed by atoms with Gasteiger partial charge in [-0.25, -0.2) is 0 Å². The molecule has 0 saturated heterocycles. The van der Waals surface area contributed by atoms with Crippen molar-refractivity contribution in [3.8, 4) is 0 Å². The van der Waals surface area contributed by atoms with Gasteiger partial charge in [-0.15, -0.1) is 24.0 Å². The van der Waals surface area contributed by atoms with E-state index >= 15 is 0 Å². The number of benzene rings is 2. The summed E-state index contributed by atoms with van der Waals surface area (Å²) in [6, 6.07) is 12.9. The first kappa shape index (κ1) is 24.5. The normalized spacial score (nSPS) is 12.0. The van der Waals surface area contributed by atoms with Crippen molar-refractivity contribution in [2.45, 2.75) is 26.4 Å². The summed E-state index contributed by atoms with van der Waals surface area (Å²) in [6.45, 7) is 5.03. The molecule has 0 radical (unpaired) electrons. The standard InChI is InChI=1S/C20H24Cl2N4O.HI/c1-4-24-19(27)15-7-5-6-14(10-15)12-25-20(23-3)26-13(2)17-9-8-16(21)11-18(17)22;/h5-11,13H,4,12H2,1-3H3,(H,24,27)(H2,23,25,26);1H. The molecule has 152 valence electrons. The number of rotatable bonds is 6. The monoisotopic (exact) mass is 534 g/mol. The van der Waals surface area contributed by atoms with Crippen molar-refractivity contribution in [2.24, 2.45) is 4.99 Å². The van der Waals surface area contributed by atoms with Crippen molar-refractivity contribution in [2.75, 3.05) is 13.6 Å². The Balaban J connectivity index is 0.00000392. The molecule has 1 unspecified atom stereocenters. The van der Waals surface area contributed by atoms with Gasteiger partial charge >= 0.3 is 0 Å². The largest absolute Gasteiger partial charge is 0.352 e. The minimum atomic E-state index is -0.0761.